The molecule has 1 aliphatic rings. The highest BCUT2D eigenvalue weighted by Crippen LogP contribution is 2.32. The van der Waals surface area contributed by atoms with Gasteiger partial charge < -0.3 is 10.6 Å². The fourth-order valence-corrected chi connectivity index (χ4v) is 3.66. The first kappa shape index (κ1) is 16.4. The predicted molar refractivity (Wildman–Crippen MR) is 105 cm³/mol. The summed E-state index contributed by atoms with van der Waals surface area (Å²) < 4.78 is 0. The monoisotopic (exact) mass is 363 g/mol. The largest absolute Gasteiger partial charge is 0.330 e. The van der Waals surface area contributed by atoms with Crippen LogP contribution in [0, 0.1) is 6.92 Å². The summed E-state index contributed by atoms with van der Waals surface area (Å²) in [6.07, 6.45) is 1.93. The highest BCUT2D eigenvalue weighted by Gasteiger charge is 2.14. The summed E-state index contributed by atoms with van der Waals surface area (Å²) in [6, 6.07) is 11.7. The van der Waals surface area contributed by atoms with Crippen LogP contribution in [0.2, 0.25) is 0 Å². The quantitative estimate of drug-likeness (QED) is 0.730. The van der Waals surface area contributed by atoms with E-state index in [1.165, 1.54) is 29.4 Å². The molecule has 0 atom stereocenters. The van der Waals surface area contributed by atoms with Crippen LogP contribution in [-0.4, -0.2) is 22.3 Å². The summed E-state index contributed by atoms with van der Waals surface area (Å²) in [7, 11) is 0. The van der Waals surface area contributed by atoms with Crippen molar-refractivity contribution in [2.24, 2.45) is 4.99 Å². The lowest BCUT2D eigenvalue weighted by Gasteiger charge is -2.09. The van der Waals surface area contributed by atoms with E-state index in [-0.39, 0.29) is 5.91 Å². The molecule has 0 aliphatic carbocycles. The number of amides is 1. The van der Waals surface area contributed by atoms with Gasteiger partial charge in [0.25, 0.3) is 0 Å². The fraction of sp³-hybridized carbons (Fsp3) is 0.158. The van der Waals surface area contributed by atoms with Gasteiger partial charge in [-0.05, 0) is 36.2 Å². The average Bonchev–Trinajstić information content (AvgIpc) is 3.27. The summed E-state index contributed by atoms with van der Waals surface area (Å²) in [4.78, 5) is 15.5. The van der Waals surface area contributed by atoms with Crippen LogP contribution < -0.4 is 10.6 Å². The van der Waals surface area contributed by atoms with Gasteiger partial charge in [-0.2, -0.15) is 0 Å². The molecule has 1 amide bonds. The van der Waals surface area contributed by atoms with Crippen molar-refractivity contribution in [1.82, 2.24) is 10.2 Å². The molecule has 1 aliphatic heterocycles. The molecule has 2 aromatic carbocycles. The molecule has 0 spiro atoms. The normalized spacial score (nSPS) is 12.1. The number of anilines is 3. The highest BCUT2D eigenvalue weighted by molar-refractivity contribution is 7.18. The molecule has 2 heterocycles. The number of carbonyl (C=O) groups excluding carboxylic acids is 1. The molecule has 0 radical (unpaired) electrons. The number of aliphatic imine (C=N–C) groups is 1. The van der Waals surface area contributed by atoms with E-state index in [0.717, 1.165) is 39.2 Å². The van der Waals surface area contributed by atoms with Crippen LogP contribution in [0.5, 0.6) is 0 Å². The van der Waals surface area contributed by atoms with Crippen molar-refractivity contribution >= 4 is 40.0 Å². The minimum atomic E-state index is -0.0996. The summed E-state index contributed by atoms with van der Waals surface area (Å²) in [6.45, 7) is 4.32. The zero-order chi connectivity index (χ0) is 18.1. The smallest absolute Gasteiger partial charge is 0.221 e. The predicted octanol–water partition coefficient (Wildman–Crippen LogP) is 4.15. The van der Waals surface area contributed by atoms with Crippen molar-refractivity contribution < 1.29 is 4.79 Å². The van der Waals surface area contributed by atoms with E-state index in [4.69, 9.17) is 0 Å². The van der Waals surface area contributed by atoms with E-state index in [1.807, 2.05) is 30.5 Å². The molecular weight excluding hydrogens is 346 g/mol. The van der Waals surface area contributed by atoms with E-state index < -0.39 is 0 Å². The van der Waals surface area contributed by atoms with E-state index in [9.17, 15) is 4.79 Å². The van der Waals surface area contributed by atoms with Gasteiger partial charge in [0.1, 0.15) is 5.01 Å². The summed E-state index contributed by atoms with van der Waals surface area (Å²) in [5.41, 5.74) is 6.26. The van der Waals surface area contributed by atoms with Gasteiger partial charge in [-0.1, -0.05) is 29.5 Å². The fourth-order valence-electron chi connectivity index (χ4n) is 2.91. The van der Waals surface area contributed by atoms with E-state index in [1.54, 1.807) is 0 Å². The third-order valence-corrected chi connectivity index (χ3v) is 5.07. The van der Waals surface area contributed by atoms with Crippen LogP contribution in [0.3, 0.4) is 0 Å². The van der Waals surface area contributed by atoms with Gasteiger partial charge in [-0.3, -0.25) is 9.79 Å². The Kier molecular flexibility index (Phi) is 4.22. The Hall–Kier alpha value is -3.06. The Morgan fingerprint density at radius 1 is 1.19 bits per heavy atom. The van der Waals surface area contributed by atoms with Crippen molar-refractivity contribution in [2.75, 3.05) is 10.6 Å². The Morgan fingerprint density at radius 3 is 2.92 bits per heavy atom. The van der Waals surface area contributed by atoms with Crippen LogP contribution >= 0.6 is 11.3 Å². The van der Waals surface area contributed by atoms with Gasteiger partial charge >= 0.3 is 0 Å². The summed E-state index contributed by atoms with van der Waals surface area (Å²) in [5.74, 6) is -0.0996. The summed E-state index contributed by atoms with van der Waals surface area (Å²) >= 11 is 1.47. The van der Waals surface area contributed by atoms with Crippen LogP contribution in [-0.2, 0) is 11.3 Å². The Balaban J connectivity index is 1.58. The molecule has 7 heteroatoms. The zero-order valence-electron chi connectivity index (χ0n) is 14.4. The first-order valence-corrected chi connectivity index (χ1v) is 9.02. The van der Waals surface area contributed by atoms with Crippen molar-refractivity contribution in [3.05, 3.63) is 53.1 Å². The molecule has 26 heavy (non-hydrogen) atoms. The second-order valence-corrected chi connectivity index (χ2v) is 7.06. The second kappa shape index (κ2) is 6.68. The average molecular weight is 363 g/mol. The molecule has 2 N–H and O–H groups in total. The number of nitrogens with zero attached hydrogens (tertiary/aromatic N) is 3. The zero-order valence-corrected chi connectivity index (χ0v) is 15.2. The molecule has 1 aromatic heterocycles. The maximum Gasteiger partial charge on any atom is 0.221 e. The maximum atomic E-state index is 11.2. The Labute approximate surface area is 155 Å². The summed E-state index contributed by atoms with van der Waals surface area (Å²) in [5, 5.41) is 16.2. The number of fused-ring (bicyclic) bond motifs is 1. The third kappa shape index (κ3) is 3.21. The number of aromatic nitrogens is 2. The number of rotatable bonds is 4. The van der Waals surface area contributed by atoms with Crippen molar-refractivity contribution in [3.8, 4) is 10.6 Å². The molecule has 0 saturated heterocycles. The number of benzene rings is 2. The molecule has 0 fully saturated rings. The molecule has 0 unspecified atom stereocenters. The number of hydrogen-bond donors (Lipinski definition) is 2. The van der Waals surface area contributed by atoms with Gasteiger partial charge in [-0.15, -0.1) is 10.2 Å². The maximum absolute atomic E-state index is 11.2. The van der Waals surface area contributed by atoms with Crippen molar-refractivity contribution in [1.29, 1.82) is 0 Å². The first-order chi connectivity index (χ1) is 12.6. The first-order valence-electron chi connectivity index (χ1n) is 8.21. The minimum Gasteiger partial charge on any atom is -0.330 e. The minimum absolute atomic E-state index is 0.0996. The lowest BCUT2D eigenvalue weighted by Crippen LogP contribution is -2.05. The van der Waals surface area contributed by atoms with Gasteiger partial charge in [0.05, 0.1) is 6.54 Å². The molecule has 0 saturated carbocycles. The third-order valence-electron chi connectivity index (χ3n) is 4.18. The van der Waals surface area contributed by atoms with Crippen molar-refractivity contribution in [2.45, 2.75) is 20.4 Å². The number of carbonyl (C=O) groups is 1. The van der Waals surface area contributed by atoms with Crippen LogP contribution in [0.15, 0.2) is 41.4 Å². The molecule has 6 nitrogen and oxygen atoms in total. The number of hydrogen-bond acceptors (Lipinski definition) is 6. The van der Waals surface area contributed by atoms with E-state index in [2.05, 4.69) is 44.9 Å². The molecule has 130 valence electrons. The Bertz CT molecular complexity index is 1020. The van der Waals surface area contributed by atoms with Gasteiger partial charge in [-0.25, -0.2) is 0 Å². The van der Waals surface area contributed by atoms with Crippen LogP contribution in [0.25, 0.3) is 10.6 Å². The second-order valence-electron chi connectivity index (χ2n) is 6.08. The van der Waals surface area contributed by atoms with Crippen molar-refractivity contribution in [3.63, 3.8) is 0 Å². The van der Waals surface area contributed by atoms with Crippen LogP contribution in [0.4, 0.5) is 16.5 Å². The molecule has 3 aromatic rings. The molecular formula is C19H17N5OS. The number of nitrogens with one attached hydrogen (secondary N) is 2. The van der Waals surface area contributed by atoms with Gasteiger partial charge in [0.2, 0.25) is 11.0 Å². The van der Waals surface area contributed by atoms with E-state index >= 15 is 0 Å². The highest BCUT2D eigenvalue weighted by atomic mass is 32.1. The molecule has 4 rings (SSSR count). The van der Waals surface area contributed by atoms with Gasteiger partial charge in [0.15, 0.2) is 0 Å². The topological polar surface area (TPSA) is 79.3 Å². The SMILES string of the molecule is CC(=O)Nc1cccc(-c2nnc(Nc3ccc4c(c3C)C=NC4)s2)c1. The van der Waals surface area contributed by atoms with E-state index in [0.29, 0.717) is 0 Å². The van der Waals surface area contributed by atoms with Gasteiger partial charge in [0, 0.05) is 35.6 Å². The lowest BCUT2D eigenvalue weighted by molar-refractivity contribution is -0.114. The van der Waals surface area contributed by atoms with Crippen LogP contribution in [0.1, 0.15) is 23.6 Å². The standard InChI is InChI=1S/C19H17N5OS/c1-11-16-10-20-9-14(16)6-7-17(11)22-19-24-23-18(26-19)13-4-3-5-15(8-13)21-12(2)25/h3-8,10H,9H2,1-2H3,(H,21,25)(H,22,24). The Morgan fingerprint density at radius 2 is 2.08 bits per heavy atom. The lowest BCUT2D eigenvalue weighted by atomic mass is 10.0. The molecule has 0 bridgehead atoms.